The third-order valence-electron chi connectivity index (χ3n) is 5.85. The Morgan fingerprint density at radius 3 is 1.96 bits per heavy atom. The molecule has 7 heteroatoms. The molecule has 0 atom stereocenters. The average Bonchev–Trinajstić information content (AvgIpc) is 2.69. The number of carboxylic acid groups (broad SMARTS) is 1. The van der Waals surface area contributed by atoms with Crippen molar-refractivity contribution in [1.29, 1.82) is 0 Å². The first-order valence-electron chi connectivity index (χ1n) is 9.90. The topological polar surface area (TPSA) is 83.9 Å². The van der Waals surface area contributed by atoms with Gasteiger partial charge in [-0.1, -0.05) is 38.5 Å². The standard InChI is InChI=1S/C20H29NO5S/c1-26-19-13-12-17(14-18(19)20(22)23)27(24,25)21(15-8-4-2-5-9-15)16-10-6-3-7-11-16/h12-16H,2-11H2,1H3,(H,22,23). The van der Waals surface area contributed by atoms with E-state index in [1.54, 1.807) is 4.31 Å². The molecular formula is C20H29NO5S. The Kier molecular flexibility index (Phi) is 6.42. The SMILES string of the molecule is COc1ccc(S(=O)(=O)N(C2CCCCC2)C2CCCCC2)cc1C(=O)O. The molecule has 6 nitrogen and oxygen atoms in total. The molecule has 150 valence electrons. The Balaban J connectivity index is 2.01. The van der Waals surface area contributed by atoms with Gasteiger partial charge in [-0.15, -0.1) is 0 Å². The minimum Gasteiger partial charge on any atom is -0.496 e. The van der Waals surface area contributed by atoms with Crippen LogP contribution in [0.25, 0.3) is 0 Å². The van der Waals surface area contributed by atoms with Crippen molar-refractivity contribution >= 4 is 16.0 Å². The number of ether oxygens (including phenoxy) is 1. The van der Waals surface area contributed by atoms with Crippen LogP contribution >= 0.6 is 0 Å². The lowest BCUT2D eigenvalue weighted by atomic mass is 9.91. The molecule has 0 radical (unpaired) electrons. The summed E-state index contributed by atoms with van der Waals surface area (Å²) in [4.78, 5) is 11.6. The molecule has 2 aliphatic carbocycles. The highest BCUT2D eigenvalue weighted by atomic mass is 32.2. The normalized spacial score (nSPS) is 19.9. The molecule has 2 fully saturated rings. The summed E-state index contributed by atoms with van der Waals surface area (Å²) in [5, 5.41) is 9.43. The lowest BCUT2D eigenvalue weighted by Gasteiger charge is -2.40. The van der Waals surface area contributed by atoms with E-state index >= 15 is 0 Å². The van der Waals surface area contributed by atoms with Crippen LogP contribution in [0.4, 0.5) is 0 Å². The number of rotatable bonds is 6. The lowest BCUT2D eigenvalue weighted by molar-refractivity contribution is 0.0693. The zero-order chi connectivity index (χ0) is 19.4. The van der Waals surface area contributed by atoms with Crippen molar-refractivity contribution in [1.82, 2.24) is 4.31 Å². The smallest absolute Gasteiger partial charge is 0.339 e. The van der Waals surface area contributed by atoms with Gasteiger partial charge in [0.05, 0.1) is 12.0 Å². The molecule has 0 saturated heterocycles. The van der Waals surface area contributed by atoms with E-state index in [2.05, 4.69) is 0 Å². The number of aromatic carboxylic acids is 1. The predicted molar refractivity (Wildman–Crippen MR) is 103 cm³/mol. The molecule has 1 aromatic carbocycles. The molecule has 0 spiro atoms. The van der Waals surface area contributed by atoms with Crippen LogP contribution in [0.15, 0.2) is 23.1 Å². The van der Waals surface area contributed by atoms with E-state index in [9.17, 15) is 18.3 Å². The monoisotopic (exact) mass is 395 g/mol. The lowest BCUT2D eigenvalue weighted by Crippen LogP contribution is -2.48. The van der Waals surface area contributed by atoms with Gasteiger partial charge in [-0.3, -0.25) is 0 Å². The summed E-state index contributed by atoms with van der Waals surface area (Å²) >= 11 is 0. The second kappa shape index (κ2) is 8.61. The summed E-state index contributed by atoms with van der Waals surface area (Å²) in [6.45, 7) is 0. The predicted octanol–water partition coefficient (Wildman–Crippen LogP) is 4.05. The second-order valence-electron chi connectivity index (χ2n) is 7.59. The zero-order valence-electron chi connectivity index (χ0n) is 15.9. The first kappa shape index (κ1) is 20.1. The van der Waals surface area contributed by atoms with Crippen LogP contribution in [0.2, 0.25) is 0 Å². The van der Waals surface area contributed by atoms with Gasteiger partial charge in [0.1, 0.15) is 11.3 Å². The molecule has 0 bridgehead atoms. The number of benzene rings is 1. The van der Waals surface area contributed by atoms with Gasteiger partial charge in [0.15, 0.2) is 0 Å². The van der Waals surface area contributed by atoms with Crippen LogP contribution in [0.3, 0.4) is 0 Å². The van der Waals surface area contributed by atoms with Crippen LogP contribution in [-0.4, -0.2) is 43.0 Å². The molecule has 2 saturated carbocycles. The van der Waals surface area contributed by atoms with Gasteiger partial charge in [0, 0.05) is 12.1 Å². The Bertz CT molecular complexity index is 747. The fraction of sp³-hybridized carbons (Fsp3) is 0.650. The van der Waals surface area contributed by atoms with Gasteiger partial charge in [0.25, 0.3) is 0 Å². The minimum absolute atomic E-state index is 0.0160. The van der Waals surface area contributed by atoms with E-state index < -0.39 is 16.0 Å². The zero-order valence-corrected chi connectivity index (χ0v) is 16.7. The number of sulfonamides is 1. The van der Waals surface area contributed by atoms with Crippen molar-refractivity contribution in [3.63, 3.8) is 0 Å². The third kappa shape index (κ3) is 4.29. The molecule has 1 N–H and O–H groups in total. The van der Waals surface area contributed by atoms with Crippen molar-refractivity contribution in [2.24, 2.45) is 0 Å². The summed E-state index contributed by atoms with van der Waals surface area (Å²) in [5.41, 5.74) is -0.120. The first-order chi connectivity index (χ1) is 12.9. The minimum atomic E-state index is -3.77. The maximum atomic E-state index is 13.6. The van der Waals surface area contributed by atoms with Crippen LogP contribution < -0.4 is 4.74 Å². The third-order valence-corrected chi connectivity index (χ3v) is 7.85. The van der Waals surface area contributed by atoms with Gasteiger partial charge < -0.3 is 9.84 Å². The molecule has 0 heterocycles. The molecule has 2 aliphatic rings. The van der Waals surface area contributed by atoms with E-state index in [1.807, 2.05) is 0 Å². The largest absolute Gasteiger partial charge is 0.496 e. The van der Waals surface area contributed by atoms with E-state index in [1.165, 1.54) is 25.3 Å². The molecule has 1 aromatic rings. The van der Waals surface area contributed by atoms with Crippen molar-refractivity contribution in [3.05, 3.63) is 23.8 Å². The van der Waals surface area contributed by atoms with Gasteiger partial charge in [-0.05, 0) is 43.9 Å². The Labute approximate surface area is 161 Å². The van der Waals surface area contributed by atoms with Crippen LogP contribution in [-0.2, 0) is 10.0 Å². The summed E-state index contributed by atoms with van der Waals surface area (Å²) in [6, 6.07) is 4.19. The Morgan fingerprint density at radius 2 is 1.52 bits per heavy atom. The first-order valence-corrected chi connectivity index (χ1v) is 11.3. The quantitative estimate of drug-likeness (QED) is 0.785. The summed E-state index contributed by atoms with van der Waals surface area (Å²) in [5.74, 6) is -1.02. The summed E-state index contributed by atoms with van der Waals surface area (Å²) in [7, 11) is -2.39. The number of carbonyl (C=O) groups is 1. The van der Waals surface area contributed by atoms with Crippen LogP contribution in [0.1, 0.15) is 74.6 Å². The van der Waals surface area contributed by atoms with Crippen molar-refractivity contribution in [3.8, 4) is 5.75 Å². The second-order valence-corrected chi connectivity index (χ2v) is 9.43. The van der Waals surface area contributed by atoms with Gasteiger partial charge in [-0.25, -0.2) is 13.2 Å². The van der Waals surface area contributed by atoms with Gasteiger partial charge in [0.2, 0.25) is 10.0 Å². The van der Waals surface area contributed by atoms with Crippen molar-refractivity contribution < 1.29 is 23.1 Å². The average molecular weight is 396 g/mol. The summed E-state index contributed by atoms with van der Waals surface area (Å²) < 4.78 is 34.0. The fourth-order valence-corrected chi connectivity index (χ4v) is 6.45. The van der Waals surface area contributed by atoms with Crippen molar-refractivity contribution in [2.75, 3.05) is 7.11 Å². The molecule has 27 heavy (non-hydrogen) atoms. The Hall–Kier alpha value is -1.60. The molecular weight excluding hydrogens is 366 g/mol. The molecule has 0 amide bonds. The molecule has 0 aliphatic heterocycles. The molecule has 3 rings (SSSR count). The molecule has 0 unspecified atom stereocenters. The van der Waals surface area contributed by atoms with E-state index in [0.29, 0.717) is 0 Å². The maximum absolute atomic E-state index is 13.6. The number of hydrogen-bond donors (Lipinski definition) is 1. The number of methoxy groups -OCH3 is 1. The maximum Gasteiger partial charge on any atom is 0.339 e. The van der Waals surface area contributed by atoms with Gasteiger partial charge in [-0.2, -0.15) is 4.31 Å². The fourth-order valence-electron chi connectivity index (χ4n) is 4.50. The number of nitrogens with zero attached hydrogens (tertiary/aromatic N) is 1. The van der Waals surface area contributed by atoms with Gasteiger partial charge >= 0.3 is 5.97 Å². The van der Waals surface area contributed by atoms with E-state index in [0.717, 1.165) is 64.2 Å². The molecule has 0 aromatic heterocycles. The highest BCUT2D eigenvalue weighted by Gasteiger charge is 2.38. The number of carboxylic acids is 1. The summed E-state index contributed by atoms with van der Waals surface area (Å²) in [6.07, 6.45) is 10.0. The highest BCUT2D eigenvalue weighted by Crippen LogP contribution is 2.35. The van der Waals surface area contributed by atoms with E-state index in [4.69, 9.17) is 4.74 Å². The highest BCUT2D eigenvalue weighted by molar-refractivity contribution is 7.89. The van der Waals surface area contributed by atoms with Crippen LogP contribution in [0.5, 0.6) is 5.75 Å². The van der Waals surface area contributed by atoms with Crippen molar-refractivity contribution in [2.45, 2.75) is 81.2 Å². The van der Waals surface area contributed by atoms with Crippen LogP contribution in [0, 0.1) is 0 Å². The van der Waals surface area contributed by atoms with E-state index in [-0.39, 0.29) is 28.3 Å². The Morgan fingerprint density at radius 1 is 1.00 bits per heavy atom. The number of hydrogen-bond acceptors (Lipinski definition) is 4.